The van der Waals surface area contributed by atoms with Gasteiger partial charge in [-0.15, -0.1) is 0 Å². The van der Waals surface area contributed by atoms with E-state index in [1.165, 1.54) is 16.8 Å². The van der Waals surface area contributed by atoms with Crippen molar-refractivity contribution in [2.45, 2.75) is 0 Å². The predicted octanol–water partition coefficient (Wildman–Crippen LogP) is 3.58. The van der Waals surface area contributed by atoms with Crippen LogP contribution in [0.4, 0.5) is 5.69 Å². The molecule has 122 valence electrons. The monoisotopic (exact) mass is 357 g/mol. The summed E-state index contributed by atoms with van der Waals surface area (Å²) in [6.45, 7) is 0. The average molecular weight is 357 g/mol. The van der Waals surface area contributed by atoms with Gasteiger partial charge in [-0.3, -0.25) is 4.79 Å². The van der Waals surface area contributed by atoms with Crippen LogP contribution in [0.5, 0.6) is 0 Å². The van der Waals surface area contributed by atoms with Gasteiger partial charge in [-0.25, -0.2) is 0 Å². The summed E-state index contributed by atoms with van der Waals surface area (Å²) in [7, 11) is 3.96. The largest absolute Gasteiger partial charge is 0.465 e. The molecule has 0 aliphatic carbocycles. The van der Waals surface area contributed by atoms with E-state index in [9.17, 15) is 4.79 Å². The number of thiocarbonyl (C=S) groups is 1. The maximum atomic E-state index is 12.4. The first-order valence-corrected chi connectivity index (χ1v) is 8.40. The number of anilines is 1. The molecule has 0 unspecified atom stereocenters. The fourth-order valence-electron chi connectivity index (χ4n) is 2.04. The Labute approximate surface area is 149 Å². The van der Waals surface area contributed by atoms with Crippen LogP contribution in [0.1, 0.15) is 11.3 Å². The number of carbonyl (C=O) groups is 1. The smallest absolute Gasteiger partial charge is 0.286 e. The maximum Gasteiger partial charge on any atom is 0.286 e. The molecule has 0 bridgehead atoms. The van der Waals surface area contributed by atoms with Gasteiger partial charge in [-0.2, -0.15) is 10.1 Å². The van der Waals surface area contributed by atoms with Gasteiger partial charge in [0.05, 0.1) is 17.4 Å². The molecule has 0 N–H and O–H groups in total. The molecule has 0 atom stereocenters. The van der Waals surface area contributed by atoms with Crippen LogP contribution in [0.2, 0.25) is 0 Å². The second-order valence-corrected chi connectivity index (χ2v) is 6.92. The highest BCUT2D eigenvalue weighted by Crippen LogP contribution is 2.32. The molecule has 7 heteroatoms. The Hall–Kier alpha value is -2.38. The topological polar surface area (TPSA) is 49.0 Å². The highest BCUT2D eigenvalue weighted by atomic mass is 32.2. The van der Waals surface area contributed by atoms with Crippen molar-refractivity contribution in [1.82, 2.24) is 5.01 Å². The predicted molar refractivity (Wildman–Crippen MR) is 102 cm³/mol. The molecule has 2 aromatic rings. The highest BCUT2D eigenvalue weighted by Gasteiger charge is 2.32. The number of benzene rings is 1. The lowest BCUT2D eigenvalue weighted by atomic mass is 10.2. The minimum absolute atomic E-state index is 0.248. The van der Waals surface area contributed by atoms with Crippen molar-refractivity contribution in [3.63, 3.8) is 0 Å². The van der Waals surface area contributed by atoms with Crippen LogP contribution in [0.3, 0.4) is 0 Å². The van der Waals surface area contributed by atoms with E-state index in [0.717, 1.165) is 11.3 Å². The molecule has 2 heterocycles. The van der Waals surface area contributed by atoms with Crippen LogP contribution in [-0.2, 0) is 4.79 Å². The summed E-state index contributed by atoms with van der Waals surface area (Å²) in [5.41, 5.74) is 1.99. The van der Waals surface area contributed by atoms with Gasteiger partial charge in [0.2, 0.25) is 0 Å². The lowest BCUT2D eigenvalue weighted by Crippen LogP contribution is -2.22. The van der Waals surface area contributed by atoms with Crippen LogP contribution in [0.15, 0.2) is 57.1 Å². The van der Waals surface area contributed by atoms with E-state index < -0.39 is 0 Å². The van der Waals surface area contributed by atoms with Crippen LogP contribution in [0, 0.1) is 0 Å². The van der Waals surface area contributed by atoms with Crippen molar-refractivity contribution >= 4 is 52.2 Å². The Balaban J connectivity index is 1.75. The second kappa shape index (κ2) is 7.02. The summed E-state index contributed by atoms with van der Waals surface area (Å²) in [5, 5.41) is 5.45. The van der Waals surface area contributed by atoms with Crippen LogP contribution in [0.25, 0.3) is 6.08 Å². The van der Waals surface area contributed by atoms with Gasteiger partial charge in [0, 0.05) is 25.9 Å². The summed E-state index contributed by atoms with van der Waals surface area (Å²) in [6, 6.07) is 11.4. The van der Waals surface area contributed by atoms with Crippen molar-refractivity contribution in [2.75, 3.05) is 19.0 Å². The number of thioether (sulfide) groups is 1. The molecule has 3 rings (SSSR count). The van der Waals surface area contributed by atoms with Crippen molar-refractivity contribution < 1.29 is 9.21 Å². The Morgan fingerprint density at radius 1 is 1.25 bits per heavy atom. The van der Waals surface area contributed by atoms with Crippen molar-refractivity contribution in [3.8, 4) is 0 Å². The van der Waals surface area contributed by atoms with Gasteiger partial charge >= 0.3 is 0 Å². The van der Waals surface area contributed by atoms with E-state index in [2.05, 4.69) is 5.10 Å². The molecule has 1 amide bonds. The summed E-state index contributed by atoms with van der Waals surface area (Å²) in [5.74, 6) is 0.362. The number of amides is 1. The number of carbonyl (C=O) groups excluding carboxylic acids is 1. The number of nitrogens with zero attached hydrogens (tertiary/aromatic N) is 3. The minimum Gasteiger partial charge on any atom is -0.465 e. The number of rotatable bonds is 4. The van der Waals surface area contributed by atoms with E-state index in [1.807, 2.05) is 43.3 Å². The normalized spacial score (nSPS) is 16.6. The number of hydrazone groups is 1. The molecule has 0 saturated carbocycles. The zero-order valence-electron chi connectivity index (χ0n) is 13.2. The Bertz CT molecular complexity index is 809. The molecular formula is C17H15N3O2S2. The molecule has 24 heavy (non-hydrogen) atoms. The molecule has 0 radical (unpaired) electrons. The van der Waals surface area contributed by atoms with Gasteiger partial charge in [-0.05, 0) is 42.0 Å². The van der Waals surface area contributed by atoms with E-state index in [-0.39, 0.29) is 5.91 Å². The first-order valence-electron chi connectivity index (χ1n) is 7.17. The minimum atomic E-state index is -0.248. The Morgan fingerprint density at radius 2 is 2.00 bits per heavy atom. The fraction of sp³-hybridized carbons (Fsp3) is 0.118. The zero-order valence-corrected chi connectivity index (χ0v) is 14.8. The molecule has 1 aliphatic heterocycles. The van der Waals surface area contributed by atoms with E-state index >= 15 is 0 Å². The Morgan fingerprint density at radius 3 is 2.62 bits per heavy atom. The van der Waals surface area contributed by atoms with E-state index in [0.29, 0.717) is 15.0 Å². The van der Waals surface area contributed by atoms with Crippen LogP contribution >= 0.6 is 24.0 Å². The molecule has 1 aromatic carbocycles. The highest BCUT2D eigenvalue weighted by molar-refractivity contribution is 8.26. The summed E-state index contributed by atoms with van der Waals surface area (Å²) in [4.78, 5) is 14.9. The summed E-state index contributed by atoms with van der Waals surface area (Å²) >= 11 is 6.45. The first kappa shape index (κ1) is 16.5. The van der Waals surface area contributed by atoms with Crippen molar-refractivity contribution in [3.05, 3.63) is 58.9 Å². The molecule has 0 spiro atoms. The molecule has 5 nitrogen and oxygen atoms in total. The molecule has 1 fully saturated rings. The molecule has 1 aliphatic rings. The standard InChI is InChI=1S/C17H15N3O2S2/c1-19(2)13-7-5-12(6-8-13)11-18-20-16(21)15(24-17(20)23)10-14-4-3-9-22-14/h3-11H,1-2H3/b15-10+,18-11+. The van der Waals surface area contributed by atoms with Gasteiger partial charge in [0.25, 0.3) is 5.91 Å². The number of hydrogen-bond acceptors (Lipinski definition) is 6. The maximum absolute atomic E-state index is 12.4. The first-order chi connectivity index (χ1) is 11.5. The molecular weight excluding hydrogens is 342 g/mol. The third-order valence-electron chi connectivity index (χ3n) is 3.32. The SMILES string of the molecule is CN(C)c1ccc(/C=N/N2C(=O)/C(=C\c3ccco3)SC2=S)cc1. The van der Waals surface area contributed by atoms with E-state index in [4.69, 9.17) is 16.6 Å². The zero-order chi connectivity index (χ0) is 17.1. The Kier molecular flexibility index (Phi) is 4.82. The van der Waals surface area contributed by atoms with Crippen LogP contribution < -0.4 is 4.90 Å². The van der Waals surface area contributed by atoms with Gasteiger partial charge in [0.15, 0.2) is 4.32 Å². The van der Waals surface area contributed by atoms with E-state index in [1.54, 1.807) is 30.7 Å². The number of furan rings is 1. The third-order valence-corrected chi connectivity index (χ3v) is 4.60. The second-order valence-electron chi connectivity index (χ2n) is 5.24. The quantitative estimate of drug-likeness (QED) is 0.475. The van der Waals surface area contributed by atoms with Gasteiger partial charge in [0.1, 0.15) is 5.76 Å². The summed E-state index contributed by atoms with van der Waals surface area (Å²) in [6.07, 6.45) is 4.85. The summed E-state index contributed by atoms with van der Waals surface area (Å²) < 4.78 is 5.63. The fourth-order valence-corrected chi connectivity index (χ4v) is 3.20. The van der Waals surface area contributed by atoms with Crippen LogP contribution in [-0.4, -0.2) is 35.5 Å². The van der Waals surface area contributed by atoms with Gasteiger partial charge < -0.3 is 9.32 Å². The lowest BCUT2D eigenvalue weighted by Gasteiger charge is -2.12. The van der Waals surface area contributed by atoms with Gasteiger partial charge in [-0.1, -0.05) is 23.9 Å². The van der Waals surface area contributed by atoms with Crippen molar-refractivity contribution in [1.29, 1.82) is 0 Å². The average Bonchev–Trinajstić information content (AvgIpc) is 3.16. The third kappa shape index (κ3) is 3.58. The molecule has 1 saturated heterocycles. The number of hydrogen-bond donors (Lipinski definition) is 0. The lowest BCUT2D eigenvalue weighted by molar-refractivity contribution is -0.122. The van der Waals surface area contributed by atoms with Crippen molar-refractivity contribution in [2.24, 2.45) is 5.10 Å². The molecule has 1 aromatic heterocycles.